The van der Waals surface area contributed by atoms with Crippen LogP contribution in [0.25, 0.3) is 0 Å². The van der Waals surface area contributed by atoms with Gasteiger partial charge in [0, 0.05) is 11.4 Å². The fourth-order valence-electron chi connectivity index (χ4n) is 2.41. The molecule has 9 heteroatoms. The van der Waals surface area contributed by atoms with Gasteiger partial charge in [-0.25, -0.2) is 23.7 Å². The third-order valence-corrected chi connectivity index (χ3v) is 3.62. The van der Waals surface area contributed by atoms with E-state index < -0.39 is 11.4 Å². The van der Waals surface area contributed by atoms with Crippen molar-refractivity contribution in [3.8, 4) is 0 Å². The summed E-state index contributed by atoms with van der Waals surface area (Å²) >= 11 is 5.77. The fraction of sp³-hybridized carbons (Fsp3) is 0.286. The lowest BCUT2D eigenvalue weighted by Crippen LogP contribution is -2.41. The van der Waals surface area contributed by atoms with Gasteiger partial charge < -0.3 is 5.11 Å². The molecule has 0 fully saturated rings. The Morgan fingerprint density at radius 2 is 1.70 bits per heavy atom. The number of aromatic nitrogens is 6. The van der Waals surface area contributed by atoms with Gasteiger partial charge in [-0.05, 0) is 17.7 Å². The van der Waals surface area contributed by atoms with Crippen molar-refractivity contribution < 1.29 is 9.50 Å². The molecule has 0 saturated heterocycles. The van der Waals surface area contributed by atoms with Gasteiger partial charge in [-0.3, -0.25) is 0 Å². The summed E-state index contributed by atoms with van der Waals surface area (Å²) in [5.41, 5.74) is -0.965. The molecule has 2 heterocycles. The lowest BCUT2D eigenvalue weighted by molar-refractivity contribution is -0.000808. The Morgan fingerprint density at radius 1 is 1.09 bits per heavy atom. The average molecular weight is 337 g/mol. The summed E-state index contributed by atoms with van der Waals surface area (Å²) in [4.78, 5) is 7.71. The standard InChI is InChI=1S/C14H14ClFN6O/c15-12-2-1-11(13(16)3-12)4-14(23,5-21-9-17-7-19-21)6-22-10-18-8-20-22/h1-3,7-10,23H,4-6H2. The first-order valence-corrected chi connectivity index (χ1v) is 7.23. The van der Waals surface area contributed by atoms with Crippen LogP contribution < -0.4 is 0 Å². The first-order chi connectivity index (χ1) is 11.0. The van der Waals surface area contributed by atoms with Gasteiger partial charge in [0.1, 0.15) is 36.7 Å². The van der Waals surface area contributed by atoms with E-state index in [2.05, 4.69) is 20.2 Å². The normalized spacial score (nSPS) is 11.8. The van der Waals surface area contributed by atoms with E-state index >= 15 is 0 Å². The van der Waals surface area contributed by atoms with E-state index in [1.165, 1.54) is 40.7 Å². The zero-order valence-electron chi connectivity index (χ0n) is 12.0. The first kappa shape index (κ1) is 15.6. The molecule has 0 saturated carbocycles. The molecular formula is C14H14ClFN6O. The first-order valence-electron chi connectivity index (χ1n) is 6.85. The molecule has 0 aliphatic carbocycles. The number of halogens is 2. The molecule has 1 N–H and O–H groups in total. The predicted octanol–water partition coefficient (Wildman–Crippen LogP) is 1.34. The van der Waals surface area contributed by atoms with E-state index in [0.717, 1.165) is 0 Å². The Kier molecular flexibility index (Phi) is 4.35. The van der Waals surface area contributed by atoms with E-state index in [0.29, 0.717) is 10.6 Å². The molecule has 2 aromatic heterocycles. The summed E-state index contributed by atoms with van der Waals surface area (Å²) in [5.74, 6) is -0.465. The number of benzene rings is 1. The molecule has 7 nitrogen and oxygen atoms in total. The van der Waals surface area contributed by atoms with Gasteiger partial charge in [0.2, 0.25) is 0 Å². The minimum atomic E-state index is -1.32. The SMILES string of the molecule is OC(Cc1ccc(Cl)cc1F)(Cn1cncn1)Cn1cncn1. The topological polar surface area (TPSA) is 81.6 Å². The quantitative estimate of drug-likeness (QED) is 0.734. The van der Waals surface area contributed by atoms with Gasteiger partial charge >= 0.3 is 0 Å². The van der Waals surface area contributed by atoms with Gasteiger partial charge in [0.05, 0.1) is 13.1 Å². The number of hydrogen-bond acceptors (Lipinski definition) is 5. The molecule has 0 radical (unpaired) electrons. The van der Waals surface area contributed by atoms with Crippen LogP contribution in [0.1, 0.15) is 5.56 Å². The summed E-state index contributed by atoms with van der Waals surface area (Å²) in [6, 6.07) is 4.37. The highest BCUT2D eigenvalue weighted by atomic mass is 35.5. The second-order valence-corrected chi connectivity index (χ2v) is 5.76. The molecule has 1 aromatic carbocycles. The Hall–Kier alpha value is -2.32. The molecule has 0 atom stereocenters. The van der Waals surface area contributed by atoms with Gasteiger partial charge in [0.25, 0.3) is 0 Å². The number of hydrogen-bond donors (Lipinski definition) is 1. The van der Waals surface area contributed by atoms with Crippen LogP contribution in [0.2, 0.25) is 5.02 Å². The molecule has 3 rings (SSSR count). The minimum Gasteiger partial charge on any atom is -0.386 e. The monoisotopic (exact) mass is 336 g/mol. The Bertz CT molecular complexity index is 725. The smallest absolute Gasteiger partial charge is 0.137 e. The number of rotatable bonds is 6. The largest absolute Gasteiger partial charge is 0.386 e. The van der Waals surface area contributed by atoms with Crippen molar-refractivity contribution in [1.82, 2.24) is 29.5 Å². The van der Waals surface area contributed by atoms with Gasteiger partial charge in [-0.1, -0.05) is 17.7 Å². The maximum absolute atomic E-state index is 14.1. The van der Waals surface area contributed by atoms with E-state index in [1.54, 1.807) is 12.1 Å². The van der Waals surface area contributed by atoms with Crippen LogP contribution in [0, 0.1) is 5.82 Å². The van der Waals surface area contributed by atoms with E-state index in [9.17, 15) is 9.50 Å². The molecule has 0 aliphatic rings. The molecule has 0 unspecified atom stereocenters. The highest BCUT2D eigenvalue weighted by Crippen LogP contribution is 2.22. The molecule has 120 valence electrons. The summed E-state index contributed by atoms with van der Waals surface area (Å²) in [5, 5.41) is 19.3. The molecule has 0 aliphatic heterocycles. The highest BCUT2D eigenvalue weighted by Gasteiger charge is 2.31. The highest BCUT2D eigenvalue weighted by molar-refractivity contribution is 6.30. The van der Waals surface area contributed by atoms with Crippen molar-refractivity contribution in [3.05, 3.63) is 59.9 Å². The summed E-state index contributed by atoms with van der Waals surface area (Å²) in [7, 11) is 0. The Labute approximate surface area is 136 Å². The molecular weight excluding hydrogens is 323 g/mol. The van der Waals surface area contributed by atoms with Crippen LogP contribution >= 0.6 is 11.6 Å². The second-order valence-electron chi connectivity index (χ2n) is 5.32. The van der Waals surface area contributed by atoms with Gasteiger partial charge in [-0.15, -0.1) is 0 Å². The van der Waals surface area contributed by atoms with Crippen LogP contribution in [-0.4, -0.2) is 40.2 Å². The maximum Gasteiger partial charge on any atom is 0.137 e. The molecule has 0 bridgehead atoms. The maximum atomic E-state index is 14.1. The van der Waals surface area contributed by atoms with Crippen molar-refractivity contribution in [2.45, 2.75) is 25.1 Å². The van der Waals surface area contributed by atoms with Crippen LogP contribution in [0.5, 0.6) is 0 Å². The third-order valence-electron chi connectivity index (χ3n) is 3.38. The van der Waals surface area contributed by atoms with Crippen LogP contribution in [0.3, 0.4) is 0 Å². The zero-order valence-corrected chi connectivity index (χ0v) is 12.8. The second kappa shape index (κ2) is 6.43. The Balaban J connectivity index is 1.87. The minimum absolute atomic E-state index is 0.0652. The summed E-state index contributed by atoms with van der Waals surface area (Å²) in [6.45, 7) is 0.268. The Morgan fingerprint density at radius 3 is 2.17 bits per heavy atom. The lowest BCUT2D eigenvalue weighted by Gasteiger charge is -2.28. The summed E-state index contributed by atoms with van der Waals surface area (Å²) < 4.78 is 17.1. The third kappa shape index (κ3) is 3.91. The van der Waals surface area contributed by atoms with Gasteiger partial charge in [-0.2, -0.15) is 10.2 Å². The predicted molar refractivity (Wildman–Crippen MR) is 80.1 cm³/mol. The van der Waals surface area contributed by atoms with Crippen LogP contribution in [0.15, 0.2) is 43.5 Å². The van der Waals surface area contributed by atoms with Crippen molar-refractivity contribution in [2.75, 3.05) is 0 Å². The molecule has 3 aromatic rings. The lowest BCUT2D eigenvalue weighted by atomic mass is 9.94. The van der Waals surface area contributed by atoms with Crippen molar-refractivity contribution in [1.29, 1.82) is 0 Å². The van der Waals surface area contributed by atoms with Crippen LogP contribution in [-0.2, 0) is 19.5 Å². The van der Waals surface area contributed by atoms with E-state index in [1.807, 2.05) is 0 Å². The molecule has 0 spiro atoms. The van der Waals surface area contributed by atoms with Crippen molar-refractivity contribution in [2.24, 2.45) is 0 Å². The van der Waals surface area contributed by atoms with Crippen molar-refractivity contribution >= 4 is 11.6 Å². The molecule has 0 amide bonds. The number of aliphatic hydroxyl groups is 1. The van der Waals surface area contributed by atoms with Crippen LogP contribution in [0.4, 0.5) is 4.39 Å². The van der Waals surface area contributed by atoms with Crippen molar-refractivity contribution in [3.63, 3.8) is 0 Å². The fourth-order valence-corrected chi connectivity index (χ4v) is 2.57. The number of nitrogens with zero attached hydrogens (tertiary/aromatic N) is 6. The average Bonchev–Trinajstić information content (AvgIpc) is 3.16. The van der Waals surface area contributed by atoms with Gasteiger partial charge in [0.15, 0.2) is 0 Å². The zero-order chi connectivity index (χ0) is 16.3. The van der Waals surface area contributed by atoms with E-state index in [-0.39, 0.29) is 19.5 Å². The summed E-state index contributed by atoms with van der Waals surface area (Å²) in [6.07, 6.45) is 5.79. The molecule has 23 heavy (non-hydrogen) atoms. The van der Waals surface area contributed by atoms with E-state index in [4.69, 9.17) is 11.6 Å².